The van der Waals surface area contributed by atoms with E-state index in [2.05, 4.69) is 45.2 Å². The minimum absolute atomic E-state index is 0.367. The molecule has 3 rings (SSSR count). The van der Waals surface area contributed by atoms with Crippen molar-refractivity contribution in [3.05, 3.63) is 41.5 Å². The second-order valence-electron chi connectivity index (χ2n) is 5.42. The number of fused-ring (bicyclic) bond motifs is 1. The summed E-state index contributed by atoms with van der Waals surface area (Å²) in [5.41, 5.74) is 2.79. The first-order valence-electron chi connectivity index (χ1n) is 7.58. The van der Waals surface area contributed by atoms with Crippen LogP contribution in [0.4, 0.5) is 0 Å². The molecule has 0 saturated heterocycles. The van der Waals surface area contributed by atoms with E-state index in [9.17, 15) is 0 Å². The standard InChI is InChI=1S/C16H22N4O/c1-3-20-11-18-19-16(20)10-17-15-6-4-5-12-7-8-13(21-2)9-14(12)15/h7-9,11,15,17H,3-6,10H2,1-2H3. The molecule has 1 aromatic heterocycles. The largest absolute Gasteiger partial charge is 0.497 e. The molecule has 112 valence electrons. The molecule has 1 N–H and O–H groups in total. The number of hydrogen-bond acceptors (Lipinski definition) is 4. The van der Waals surface area contributed by atoms with Gasteiger partial charge in [0.1, 0.15) is 17.9 Å². The van der Waals surface area contributed by atoms with Crippen molar-refractivity contribution >= 4 is 0 Å². The Hall–Kier alpha value is -1.88. The lowest BCUT2D eigenvalue weighted by molar-refractivity contribution is 0.407. The molecule has 1 atom stereocenters. The van der Waals surface area contributed by atoms with Gasteiger partial charge in [-0.05, 0) is 49.4 Å². The molecule has 0 amide bonds. The second-order valence-corrected chi connectivity index (χ2v) is 5.42. The maximum atomic E-state index is 5.36. The molecule has 21 heavy (non-hydrogen) atoms. The van der Waals surface area contributed by atoms with Crippen LogP contribution in [0.15, 0.2) is 24.5 Å². The van der Waals surface area contributed by atoms with E-state index in [0.29, 0.717) is 6.04 Å². The molecule has 5 heteroatoms. The summed E-state index contributed by atoms with van der Waals surface area (Å²) in [5, 5.41) is 11.8. The Kier molecular flexibility index (Phi) is 4.20. The predicted molar refractivity (Wildman–Crippen MR) is 81.2 cm³/mol. The number of benzene rings is 1. The van der Waals surface area contributed by atoms with Gasteiger partial charge >= 0.3 is 0 Å². The molecule has 0 aliphatic heterocycles. The number of hydrogen-bond donors (Lipinski definition) is 1. The first kappa shape index (κ1) is 14.1. The molecular formula is C16H22N4O. The van der Waals surface area contributed by atoms with Gasteiger partial charge in [-0.2, -0.15) is 0 Å². The summed E-state index contributed by atoms with van der Waals surface area (Å²) in [7, 11) is 1.72. The van der Waals surface area contributed by atoms with Crippen LogP contribution in [0, 0.1) is 0 Å². The zero-order valence-electron chi connectivity index (χ0n) is 12.7. The molecule has 0 radical (unpaired) electrons. The van der Waals surface area contributed by atoms with E-state index in [1.807, 2.05) is 0 Å². The van der Waals surface area contributed by atoms with E-state index < -0.39 is 0 Å². The number of nitrogens with zero attached hydrogens (tertiary/aromatic N) is 3. The minimum atomic E-state index is 0.367. The molecule has 1 aliphatic rings. The summed E-state index contributed by atoms with van der Waals surface area (Å²) in [6, 6.07) is 6.77. The van der Waals surface area contributed by atoms with E-state index in [1.54, 1.807) is 13.4 Å². The zero-order valence-corrected chi connectivity index (χ0v) is 12.7. The van der Waals surface area contributed by atoms with Gasteiger partial charge in [0.25, 0.3) is 0 Å². The lowest BCUT2D eigenvalue weighted by Gasteiger charge is -2.27. The summed E-state index contributed by atoms with van der Waals surface area (Å²) in [6.45, 7) is 3.75. The average molecular weight is 286 g/mol. The van der Waals surface area contributed by atoms with Crippen molar-refractivity contribution in [2.24, 2.45) is 0 Å². The molecule has 0 spiro atoms. The van der Waals surface area contributed by atoms with Gasteiger partial charge in [-0.1, -0.05) is 6.07 Å². The fourth-order valence-electron chi connectivity index (χ4n) is 3.01. The van der Waals surface area contributed by atoms with Gasteiger partial charge in [0.2, 0.25) is 0 Å². The Morgan fingerprint density at radius 1 is 1.43 bits per heavy atom. The van der Waals surface area contributed by atoms with Crippen LogP contribution in [-0.4, -0.2) is 21.9 Å². The highest BCUT2D eigenvalue weighted by molar-refractivity contribution is 5.39. The number of rotatable bonds is 5. The van der Waals surface area contributed by atoms with Gasteiger partial charge < -0.3 is 14.6 Å². The fourth-order valence-corrected chi connectivity index (χ4v) is 3.01. The van der Waals surface area contributed by atoms with Crippen LogP contribution in [-0.2, 0) is 19.5 Å². The highest BCUT2D eigenvalue weighted by Crippen LogP contribution is 2.32. The summed E-state index contributed by atoms with van der Waals surface area (Å²) in [4.78, 5) is 0. The first-order valence-corrected chi connectivity index (χ1v) is 7.58. The molecule has 5 nitrogen and oxygen atoms in total. The maximum absolute atomic E-state index is 5.36. The smallest absolute Gasteiger partial charge is 0.146 e. The Balaban J connectivity index is 1.75. The normalized spacial score (nSPS) is 17.5. The summed E-state index contributed by atoms with van der Waals surface area (Å²) < 4.78 is 7.43. The number of ether oxygens (including phenoxy) is 1. The maximum Gasteiger partial charge on any atom is 0.146 e. The van der Waals surface area contributed by atoms with Crippen molar-refractivity contribution in [2.45, 2.75) is 45.3 Å². The third-order valence-electron chi connectivity index (χ3n) is 4.21. The van der Waals surface area contributed by atoms with Crippen LogP contribution < -0.4 is 10.1 Å². The van der Waals surface area contributed by atoms with Gasteiger partial charge in [0, 0.05) is 12.6 Å². The van der Waals surface area contributed by atoms with E-state index >= 15 is 0 Å². The minimum Gasteiger partial charge on any atom is -0.497 e. The molecule has 0 saturated carbocycles. The third kappa shape index (κ3) is 2.93. The number of aromatic nitrogens is 3. The van der Waals surface area contributed by atoms with Crippen molar-refractivity contribution in [1.82, 2.24) is 20.1 Å². The highest BCUT2D eigenvalue weighted by atomic mass is 16.5. The Morgan fingerprint density at radius 3 is 3.14 bits per heavy atom. The monoisotopic (exact) mass is 286 g/mol. The van der Waals surface area contributed by atoms with Gasteiger partial charge in [-0.3, -0.25) is 0 Å². The van der Waals surface area contributed by atoms with Crippen LogP contribution in [0.3, 0.4) is 0 Å². The number of methoxy groups -OCH3 is 1. The van der Waals surface area contributed by atoms with Crippen LogP contribution in [0.1, 0.15) is 42.8 Å². The average Bonchev–Trinajstić information content (AvgIpc) is 2.99. The van der Waals surface area contributed by atoms with Crippen molar-refractivity contribution in [3.63, 3.8) is 0 Å². The molecule has 2 aromatic rings. The summed E-state index contributed by atoms with van der Waals surface area (Å²) in [5.74, 6) is 1.92. The van der Waals surface area contributed by atoms with E-state index in [0.717, 1.165) is 37.5 Å². The second kappa shape index (κ2) is 6.26. The Bertz CT molecular complexity index is 608. The van der Waals surface area contributed by atoms with Gasteiger partial charge in [-0.25, -0.2) is 0 Å². The number of aryl methyl sites for hydroxylation is 2. The molecular weight excluding hydrogens is 264 g/mol. The number of nitrogens with one attached hydrogen (secondary N) is 1. The SMILES string of the molecule is CCn1cnnc1CNC1CCCc2ccc(OC)cc21. The Morgan fingerprint density at radius 2 is 2.33 bits per heavy atom. The molecule has 0 fully saturated rings. The fraction of sp³-hybridized carbons (Fsp3) is 0.500. The van der Waals surface area contributed by atoms with Crippen molar-refractivity contribution < 1.29 is 4.74 Å². The molecule has 1 unspecified atom stereocenters. The lowest BCUT2D eigenvalue weighted by Crippen LogP contribution is -2.26. The molecule has 0 bridgehead atoms. The van der Waals surface area contributed by atoms with E-state index in [4.69, 9.17) is 4.74 Å². The zero-order chi connectivity index (χ0) is 14.7. The third-order valence-corrected chi connectivity index (χ3v) is 4.21. The van der Waals surface area contributed by atoms with Crippen molar-refractivity contribution in [1.29, 1.82) is 0 Å². The topological polar surface area (TPSA) is 52.0 Å². The highest BCUT2D eigenvalue weighted by Gasteiger charge is 2.21. The van der Waals surface area contributed by atoms with Crippen LogP contribution in [0.2, 0.25) is 0 Å². The van der Waals surface area contributed by atoms with E-state index in [1.165, 1.54) is 17.5 Å². The quantitative estimate of drug-likeness (QED) is 0.917. The van der Waals surface area contributed by atoms with Gasteiger partial charge in [0.15, 0.2) is 0 Å². The Labute approximate surface area is 125 Å². The summed E-state index contributed by atoms with van der Waals surface area (Å²) in [6.07, 6.45) is 5.31. The summed E-state index contributed by atoms with van der Waals surface area (Å²) >= 11 is 0. The molecule has 1 heterocycles. The van der Waals surface area contributed by atoms with Crippen LogP contribution in [0.25, 0.3) is 0 Å². The lowest BCUT2D eigenvalue weighted by atomic mass is 9.87. The van der Waals surface area contributed by atoms with Crippen LogP contribution >= 0.6 is 0 Å². The molecule has 1 aliphatic carbocycles. The predicted octanol–water partition coefficient (Wildman–Crippen LogP) is 2.47. The van der Waals surface area contributed by atoms with Gasteiger partial charge in [-0.15, -0.1) is 10.2 Å². The van der Waals surface area contributed by atoms with E-state index in [-0.39, 0.29) is 0 Å². The van der Waals surface area contributed by atoms with Crippen molar-refractivity contribution in [3.8, 4) is 5.75 Å². The first-order chi connectivity index (χ1) is 10.3. The van der Waals surface area contributed by atoms with Crippen molar-refractivity contribution in [2.75, 3.05) is 7.11 Å². The van der Waals surface area contributed by atoms with Gasteiger partial charge in [0.05, 0.1) is 13.7 Å². The molecule has 1 aromatic carbocycles. The van der Waals surface area contributed by atoms with Crippen LogP contribution in [0.5, 0.6) is 5.75 Å².